The molecule has 27 heavy (non-hydrogen) atoms. The van der Waals surface area contributed by atoms with E-state index in [1.54, 1.807) is 31.0 Å². The number of ether oxygens (including phenoxy) is 2. The smallest absolute Gasteiger partial charge is 0.356 e. The number of rotatable bonds is 4. The maximum Gasteiger partial charge on any atom is 0.356 e. The van der Waals surface area contributed by atoms with Crippen molar-refractivity contribution in [1.29, 1.82) is 0 Å². The summed E-state index contributed by atoms with van der Waals surface area (Å²) in [5, 5.41) is 4.95. The fourth-order valence-corrected chi connectivity index (χ4v) is 3.68. The second-order valence-electron chi connectivity index (χ2n) is 6.03. The zero-order chi connectivity index (χ0) is 19.7. The third-order valence-electron chi connectivity index (χ3n) is 4.43. The molecule has 0 atom stereocenters. The van der Waals surface area contributed by atoms with Gasteiger partial charge in [-0.15, -0.1) is 0 Å². The molecule has 1 aliphatic rings. The van der Waals surface area contributed by atoms with E-state index in [1.807, 2.05) is 0 Å². The highest BCUT2D eigenvalue weighted by Crippen LogP contribution is 2.35. The molecule has 2 heterocycles. The van der Waals surface area contributed by atoms with Gasteiger partial charge in [-0.3, -0.25) is 9.48 Å². The second kappa shape index (κ2) is 7.78. The SMILES string of the molecule is CCOC(=O)c1c2c(nn1C)CCN(C(=O)c1c(Cl)ccc(Cl)c1OC)C2. The Labute approximate surface area is 166 Å². The van der Waals surface area contributed by atoms with Gasteiger partial charge in [-0.2, -0.15) is 5.10 Å². The fourth-order valence-electron chi connectivity index (χ4n) is 3.22. The molecule has 0 N–H and O–H groups in total. The lowest BCUT2D eigenvalue weighted by Gasteiger charge is -2.28. The molecule has 0 radical (unpaired) electrons. The van der Waals surface area contributed by atoms with Gasteiger partial charge in [0.25, 0.3) is 5.91 Å². The first-order valence-electron chi connectivity index (χ1n) is 8.42. The first-order chi connectivity index (χ1) is 12.9. The van der Waals surface area contributed by atoms with E-state index < -0.39 is 5.97 Å². The van der Waals surface area contributed by atoms with Crippen LogP contribution in [-0.2, 0) is 24.8 Å². The number of esters is 1. The molecule has 144 valence electrons. The number of methoxy groups -OCH3 is 1. The second-order valence-corrected chi connectivity index (χ2v) is 6.85. The van der Waals surface area contributed by atoms with Gasteiger partial charge < -0.3 is 14.4 Å². The summed E-state index contributed by atoms with van der Waals surface area (Å²) in [6, 6.07) is 3.14. The predicted molar refractivity (Wildman–Crippen MR) is 101 cm³/mol. The maximum absolute atomic E-state index is 13.1. The van der Waals surface area contributed by atoms with Crippen molar-refractivity contribution in [1.82, 2.24) is 14.7 Å². The highest BCUT2D eigenvalue weighted by molar-refractivity contribution is 6.37. The lowest BCUT2D eigenvalue weighted by molar-refractivity contribution is 0.0508. The van der Waals surface area contributed by atoms with Crippen LogP contribution in [0.3, 0.4) is 0 Å². The lowest BCUT2D eigenvalue weighted by atomic mass is 10.0. The van der Waals surface area contributed by atoms with Gasteiger partial charge in [-0.05, 0) is 19.1 Å². The van der Waals surface area contributed by atoms with Crippen LogP contribution in [0.2, 0.25) is 10.0 Å². The Bertz CT molecular complexity index is 910. The van der Waals surface area contributed by atoms with Crippen molar-refractivity contribution in [2.75, 3.05) is 20.3 Å². The highest BCUT2D eigenvalue weighted by atomic mass is 35.5. The Balaban J connectivity index is 1.96. The van der Waals surface area contributed by atoms with Crippen molar-refractivity contribution in [3.05, 3.63) is 44.7 Å². The van der Waals surface area contributed by atoms with E-state index in [2.05, 4.69) is 5.10 Å². The van der Waals surface area contributed by atoms with Crippen molar-refractivity contribution in [2.24, 2.45) is 7.05 Å². The number of nitrogens with zero attached hydrogens (tertiary/aromatic N) is 3. The molecule has 0 bridgehead atoms. The molecule has 0 saturated carbocycles. The Morgan fingerprint density at radius 1 is 1.26 bits per heavy atom. The molecular formula is C18H19Cl2N3O4. The average Bonchev–Trinajstić information content (AvgIpc) is 2.97. The van der Waals surface area contributed by atoms with Crippen LogP contribution in [-0.4, -0.2) is 46.8 Å². The Hall–Kier alpha value is -2.25. The van der Waals surface area contributed by atoms with Gasteiger partial charge in [-0.1, -0.05) is 23.2 Å². The number of benzene rings is 1. The highest BCUT2D eigenvalue weighted by Gasteiger charge is 2.32. The molecule has 1 aromatic carbocycles. The van der Waals surface area contributed by atoms with E-state index in [1.165, 1.54) is 11.8 Å². The summed E-state index contributed by atoms with van der Waals surface area (Å²) >= 11 is 12.4. The fraction of sp³-hybridized carbons (Fsp3) is 0.389. The van der Waals surface area contributed by atoms with Crippen LogP contribution in [0.4, 0.5) is 0 Å². The molecule has 0 saturated heterocycles. The minimum absolute atomic E-state index is 0.205. The van der Waals surface area contributed by atoms with Gasteiger partial charge in [0.1, 0.15) is 5.56 Å². The topological polar surface area (TPSA) is 73.7 Å². The van der Waals surface area contributed by atoms with Crippen molar-refractivity contribution >= 4 is 35.1 Å². The summed E-state index contributed by atoms with van der Waals surface area (Å²) in [5.74, 6) is -0.540. The van der Waals surface area contributed by atoms with Crippen LogP contribution in [0.15, 0.2) is 12.1 Å². The summed E-state index contributed by atoms with van der Waals surface area (Å²) < 4.78 is 11.9. The van der Waals surface area contributed by atoms with E-state index in [9.17, 15) is 9.59 Å². The van der Waals surface area contributed by atoms with Crippen molar-refractivity contribution in [2.45, 2.75) is 19.9 Å². The number of hydrogen-bond donors (Lipinski definition) is 0. The summed E-state index contributed by atoms with van der Waals surface area (Å²) in [6.07, 6.45) is 0.523. The van der Waals surface area contributed by atoms with Crippen molar-refractivity contribution in [3.63, 3.8) is 0 Å². The first-order valence-corrected chi connectivity index (χ1v) is 9.17. The summed E-state index contributed by atoms with van der Waals surface area (Å²) in [4.78, 5) is 27.0. The monoisotopic (exact) mass is 411 g/mol. The van der Waals surface area contributed by atoms with Crippen LogP contribution in [0.5, 0.6) is 5.75 Å². The van der Waals surface area contributed by atoms with Gasteiger partial charge in [0.2, 0.25) is 0 Å². The molecular weight excluding hydrogens is 393 g/mol. The Kier molecular flexibility index (Phi) is 5.62. The quantitative estimate of drug-likeness (QED) is 0.722. The zero-order valence-corrected chi connectivity index (χ0v) is 16.7. The number of aromatic nitrogens is 2. The lowest BCUT2D eigenvalue weighted by Crippen LogP contribution is -2.36. The number of amides is 1. The van der Waals surface area contributed by atoms with Gasteiger partial charge in [0.15, 0.2) is 11.4 Å². The summed E-state index contributed by atoms with van der Waals surface area (Å²) in [6.45, 7) is 2.67. The molecule has 7 nitrogen and oxygen atoms in total. The normalized spacial score (nSPS) is 13.3. The largest absolute Gasteiger partial charge is 0.494 e. The molecule has 1 amide bonds. The van der Waals surface area contributed by atoms with E-state index in [0.29, 0.717) is 29.2 Å². The summed E-state index contributed by atoms with van der Waals surface area (Å²) in [7, 11) is 3.12. The van der Waals surface area contributed by atoms with E-state index in [4.69, 9.17) is 32.7 Å². The van der Waals surface area contributed by atoms with Crippen LogP contribution < -0.4 is 4.74 Å². The molecule has 0 fully saturated rings. The standard InChI is InChI=1S/C18H19Cl2N3O4/c1-4-27-18(25)15-10-9-23(8-7-13(10)21-22(15)2)17(24)14-11(19)5-6-12(20)16(14)26-3/h5-6H,4,7-9H2,1-3H3. The minimum atomic E-state index is -0.457. The van der Waals surface area contributed by atoms with Crippen LogP contribution in [0.25, 0.3) is 0 Å². The Morgan fingerprint density at radius 2 is 1.96 bits per heavy atom. The maximum atomic E-state index is 13.1. The first kappa shape index (κ1) is 19.5. The van der Waals surface area contributed by atoms with Crippen LogP contribution >= 0.6 is 23.2 Å². The third-order valence-corrected chi connectivity index (χ3v) is 5.04. The number of carbonyl (C=O) groups is 2. The van der Waals surface area contributed by atoms with Gasteiger partial charge in [0, 0.05) is 25.6 Å². The van der Waals surface area contributed by atoms with E-state index >= 15 is 0 Å². The van der Waals surface area contributed by atoms with E-state index in [-0.39, 0.29) is 35.4 Å². The minimum Gasteiger partial charge on any atom is -0.494 e. The number of carbonyl (C=O) groups excluding carboxylic acids is 2. The number of fused-ring (bicyclic) bond motifs is 1. The van der Waals surface area contributed by atoms with Crippen LogP contribution in [0, 0.1) is 0 Å². The molecule has 3 rings (SSSR count). The number of halogens is 2. The van der Waals surface area contributed by atoms with Gasteiger partial charge >= 0.3 is 5.97 Å². The molecule has 0 spiro atoms. The Morgan fingerprint density at radius 3 is 2.63 bits per heavy atom. The molecule has 0 unspecified atom stereocenters. The van der Waals surface area contributed by atoms with Crippen LogP contribution in [0.1, 0.15) is 39.0 Å². The van der Waals surface area contributed by atoms with E-state index in [0.717, 1.165) is 5.69 Å². The number of hydrogen-bond acceptors (Lipinski definition) is 5. The summed E-state index contributed by atoms with van der Waals surface area (Å²) in [5.41, 5.74) is 2.03. The molecule has 2 aromatic rings. The third kappa shape index (κ3) is 3.49. The van der Waals surface area contributed by atoms with Gasteiger partial charge in [0.05, 0.1) is 36.0 Å². The van der Waals surface area contributed by atoms with Crippen molar-refractivity contribution < 1.29 is 19.1 Å². The molecule has 0 aliphatic carbocycles. The van der Waals surface area contributed by atoms with Gasteiger partial charge in [-0.25, -0.2) is 4.79 Å². The molecule has 1 aromatic heterocycles. The average molecular weight is 412 g/mol. The molecule has 1 aliphatic heterocycles. The molecule has 9 heteroatoms. The number of aryl methyl sites for hydroxylation is 1. The van der Waals surface area contributed by atoms with Crippen molar-refractivity contribution in [3.8, 4) is 5.75 Å². The zero-order valence-electron chi connectivity index (χ0n) is 15.2. The predicted octanol–water partition coefficient (Wildman–Crippen LogP) is 3.11.